The van der Waals surface area contributed by atoms with E-state index in [0.29, 0.717) is 22.8 Å². The number of hydrogen-bond donors (Lipinski definition) is 4. The zero-order valence-electron chi connectivity index (χ0n) is 16.8. The molecule has 2 aromatic carbocycles. The lowest BCUT2D eigenvalue weighted by atomic mass is 10.2. The lowest BCUT2D eigenvalue weighted by molar-refractivity contribution is -0.122. The number of para-hydroxylation sites is 1. The summed E-state index contributed by atoms with van der Waals surface area (Å²) in [4.78, 5) is 32.0. The molecule has 3 aromatic rings. The molecule has 10 heteroatoms. The molecule has 0 radical (unpaired) electrons. The Bertz CT molecular complexity index is 1050. The first-order valence-corrected chi connectivity index (χ1v) is 9.44. The van der Waals surface area contributed by atoms with Crippen molar-refractivity contribution in [3.63, 3.8) is 0 Å². The molecule has 5 N–H and O–H groups in total. The van der Waals surface area contributed by atoms with Gasteiger partial charge in [-0.05, 0) is 37.3 Å². The van der Waals surface area contributed by atoms with Gasteiger partial charge in [0.25, 0.3) is 5.91 Å². The van der Waals surface area contributed by atoms with Gasteiger partial charge in [-0.3, -0.25) is 15.6 Å². The molecule has 0 aliphatic carbocycles. The van der Waals surface area contributed by atoms with Gasteiger partial charge in [-0.1, -0.05) is 24.3 Å². The number of nitrogens with two attached hydrogens (primary N) is 1. The van der Waals surface area contributed by atoms with Gasteiger partial charge in [-0.25, -0.2) is 14.8 Å². The normalized spacial score (nSPS) is 10.1. The number of rotatable bonds is 9. The van der Waals surface area contributed by atoms with Gasteiger partial charge in [0.15, 0.2) is 18.2 Å². The number of amides is 1. The summed E-state index contributed by atoms with van der Waals surface area (Å²) in [5, 5.41) is 3.02. The predicted molar refractivity (Wildman–Crippen MR) is 116 cm³/mol. The van der Waals surface area contributed by atoms with Crippen LogP contribution in [0.2, 0.25) is 0 Å². The first-order chi connectivity index (χ1) is 15.1. The van der Waals surface area contributed by atoms with E-state index in [0.717, 1.165) is 0 Å². The van der Waals surface area contributed by atoms with E-state index in [4.69, 9.17) is 15.2 Å². The van der Waals surface area contributed by atoms with Gasteiger partial charge in [0, 0.05) is 5.69 Å². The minimum absolute atomic E-state index is 0.174. The average Bonchev–Trinajstić information content (AvgIpc) is 2.79. The minimum Gasteiger partial charge on any atom is -0.484 e. The van der Waals surface area contributed by atoms with Gasteiger partial charge < -0.3 is 20.5 Å². The fourth-order valence-corrected chi connectivity index (χ4v) is 2.50. The van der Waals surface area contributed by atoms with Crippen LogP contribution in [0, 0.1) is 0 Å². The quantitative estimate of drug-likeness (QED) is 0.302. The Hall–Kier alpha value is -4.34. The number of aromatic nitrogens is 2. The fraction of sp³-hybridized carbons (Fsp3) is 0.143. The number of benzene rings is 2. The Morgan fingerprint density at radius 2 is 1.81 bits per heavy atom. The number of ether oxygens (including phenoxy) is 2. The first kappa shape index (κ1) is 21.4. The zero-order valence-corrected chi connectivity index (χ0v) is 16.8. The number of carbonyl (C=O) groups is 2. The van der Waals surface area contributed by atoms with Crippen LogP contribution in [-0.2, 0) is 9.53 Å². The Morgan fingerprint density at radius 1 is 1.03 bits per heavy atom. The number of carbonyl (C=O) groups excluding carboxylic acids is 2. The maximum Gasteiger partial charge on any atom is 0.338 e. The molecular weight excluding hydrogens is 400 g/mol. The number of esters is 1. The van der Waals surface area contributed by atoms with Crippen molar-refractivity contribution in [3.05, 3.63) is 66.5 Å². The summed E-state index contributed by atoms with van der Waals surface area (Å²) < 4.78 is 10.4. The van der Waals surface area contributed by atoms with Crippen molar-refractivity contribution in [1.82, 2.24) is 15.4 Å². The van der Waals surface area contributed by atoms with Crippen LogP contribution in [0.15, 0.2) is 60.9 Å². The fourth-order valence-electron chi connectivity index (χ4n) is 2.50. The van der Waals surface area contributed by atoms with Crippen molar-refractivity contribution >= 4 is 34.9 Å². The molecule has 0 bridgehead atoms. The number of nitrogen functional groups attached to an aromatic ring is 1. The Morgan fingerprint density at radius 3 is 2.58 bits per heavy atom. The maximum absolute atomic E-state index is 12.0. The molecule has 0 aliphatic rings. The van der Waals surface area contributed by atoms with Gasteiger partial charge in [-0.15, -0.1) is 0 Å². The molecule has 0 atom stereocenters. The summed E-state index contributed by atoms with van der Waals surface area (Å²) in [6, 6.07) is 15.7. The van der Waals surface area contributed by atoms with Crippen LogP contribution >= 0.6 is 0 Å². The second-order valence-electron chi connectivity index (χ2n) is 6.19. The van der Waals surface area contributed by atoms with Gasteiger partial charge in [0.05, 0.1) is 12.2 Å². The van der Waals surface area contributed by atoms with Crippen molar-refractivity contribution < 1.29 is 19.1 Å². The number of nitrogens with zero attached hydrogens (tertiary/aromatic N) is 2. The van der Waals surface area contributed by atoms with E-state index in [1.165, 1.54) is 6.33 Å². The van der Waals surface area contributed by atoms with Crippen LogP contribution in [0.3, 0.4) is 0 Å². The molecule has 0 fully saturated rings. The van der Waals surface area contributed by atoms with Gasteiger partial charge in [0.2, 0.25) is 0 Å². The van der Waals surface area contributed by atoms with E-state index in [1.54, 1.807) is 43.3 Å². The van der Waals surface area contributed by atoms with Gasteiger partial charge in [0.1, 0.15) is 17.8 Å². The molecule has 0 spiro atoms. The topological polar surface area (TPSA) is 140 Å². The third kappa shape index (κ3) is 6.07. The second kappa shape index (κ2) is 10.4. The highest BCUT2D eigenvalue weighted by Crippen LogP contribution is 2.25. The standard InChI is InChI=1S/C21H22N6O4/c1-2-30-21(29)14-7-6-8-15(11-14)25-19-18(22)20(24-13-23-19)27-26-17(28)12-31-16-9-4-3-5-10-16/h3-11,13H,2,12,22H2,1H3,(H,26,28)(H2,23,24,25,27). The van der Waals surface area contributed by atoms with E-state index >= 15 is 0 Å². The van der Waals surface area contributed by atoms with Crippen LogP contribution in [0.1, 0.15) is 17.3 Å². The van der Waals surface area contributed by atoms with Gasteiger partial charge in [-0.2, -0.15) is 0 Å². The second-order valence-corrected chi connectivity index (χ2v) is 6.19. The highest BCUT2D eigenvalue weighted by Gasteiger charge is 2.12. The summed E-state index contributed by atoms with van der Waals surface area (Å²) in [7, 11) is 0. The SMILES string of the molecule is CCOC(=O)c1cccc(Nc2ncnc(NNC(=O)COc3ccccc3)c2N)c1. The number of anilines is 4. The number of nitrogens with one attached hydrogen (secondary N) is 3. The number of hydrogen-bond acceptors (Lipinski definition) is 9. The third-order valence-corrected chi connectivity index (χ3v) is 3.95. The van der Waals surface area contributed by atoms with E-state index in [1.807, 2.05) is 18.2 Å². The van der Waals surface area contributed by atoms with E-state index in [9.17, 15) is 9.59 Å². The summed E-state index contributed by atoms with van der Waals surface area (Å²) in [6.07, 6.45) is 1.28. The van der Waals surface area contributed by atoms with E-state index in [-0.39, 0.29) is 24.7 Å². The molecule has 0 unspecified atom stereocenters. The summed E-state index contributed by atoms with van der Waals surface area (Å²) in [5.41, 5.74) is 12.4. The smallest absolute Gasteiger partial charge is 0.338 e. The predicted octanol–water partition coefficient (Wildman–Crippen LogP) is 2.50. The van der Waals surface area contributed by atoms with Crippen molar-refractivity contribution in [2.45, 2.75) is 6.92 Å². The largest absolute Gasteiger partial charge is 0.484 e. The molecule has 0 saturated heterocycles. The van der Waals surface area contributed by atoms with Gasteiger partial charge >= 0.3 is 5.97 Å². The minimum atomic E-state index is -0.426. The molecule has 31 heavy (non-hydrogen) atoms. The van der Waals surface area contributed by atoms with Crippen LogP contribution in [0.25, 0.3) is 0 Å². The highest BCUT2D eigenvalue weighted by molar-refractivity contribution is 5.91. The number of hydrazine groups is 1. The van der Waals surface area contributed by atoms with Crippen LogP contribution < -0.4 is 26.6 Å². The average molecular weight is 422 g/mol. The molecule has 1 amide bonds. The molecular formula is C21H22N6O4. The van der Waals surface area contributed by atoms with Crippen molar-refractivity contribution in [2.24, 2.45) is 0 Å². The van der Waals surface area contributed by atoms with E-state index in [2.05, 4.69) is 26.1 Å². The third-order valence-electron chi connectivity index (χ3n) is 3.95. The van der Waals surface area contributed by atoms with Crippen LogP contribution in [0.5, 0.6) is 5.75 Å². The summed E-state index contributed by atoms with van der Waals surface area (Å²) >= 11 is 0. The molecule has 3 rings (SSSR count). The lowest BCUT2D eigenvalue weighted by Crippen LogP contribution is -2.34. The van der Waals surface area contributed by atoms with E-state index < -0.39 is 11.9 Å². The highest BCUT2D eigenvalue weighted by atomic mass is 16.5. The lowest BCUT2D eigenvalue weighted by Gasteiger charge is -2.14. The Balaban J connectivity index is 1.60. The van der Waals surface area contributed by atoms with Crippen LogP contribution in [-0.4, -0.2) is 35.1 Å². The van der Waals surface area contributed by atoms with Crippen molar-refractivity contribution in [2.75, 3.05) is 29.7 Å². The molecule has 1 aromatic heterocycles. The summed E-state index contributed by atoms with van der Waals surface area (Å²) in [6.45, 7) is 1.84. The maximum atomic E-state index is 12.0. The molecule has 10 nitrogen and oxygen atoms in total. The summed E-state index contributed by atoms with van der Waals surface area (Å²) in [5.74, 6) is 0.235. The zero-order chi connectivity index (χ0) is 22.1. The first-order valence-electron chi connectivity index (χ1n) is 9.44. The molecule has 160 valence electrons. The Kier molecular flexibility index (Phi) is 7.20. The monoisotopic (exact) mass is 422 g/mol. The Labute approximate surface area is 178 Å². The van der Waals surface area contributed by atoms with Crippen molar-refractivity contribution in [3.8, 4) is 5.75 Å². The molecule has 0 aliphatic heterocycles. The molecule has 1 heterocycles. The van der Waals surface area contributed by atoms with Crippen molar-refractivity contribution in [1.29, 1.82) is 0 Å². The molecule has 0 saturated carbocycles. The van der Waals surface area contributed by atoms with Crippen LogP contribution in [0.4, 0.5) is 23.0 Å².